The van der Waals surface area contributed by atoms with Crippen LogP contribution < -0.4 is 10.1 Å². The molecule has 2 aromatic rings. The summed E-state index contributed by atoms with van der Waals surface area (Å²) in [4.78, 5) is 12.3. The van der Waals surface area contributed by atoms with E-state index in [1.165, 1.54) is 24.2 Å². The van der Waals surface area contributed by atoms with E-state index in [1.54, 1.807) is 23.9 Å². The number of ether oxygens (including phenoxy) is 1. The van der Waals surface area contributed by atoms with E-state index in [-0.39, 0.29) is 5.91 Å². The van der Waals surface area contributed by atoms with E-state index in [9.17, 15) is 4.79 Å². The van der Waals surface area contributed by atoms with Gasteiger partial charge in [-0.15, -0.1) is 10.2 Å². The third kappa shape index (κ3) is 5.44. The fourth-order valence-corrected chi connectivity index (χ4v) is 4.58. The Morgan fingerprint density at radius 2 is 2.04 bits per heavy atom. The number of carbonyl (C=O) groups excluding carboxylic acids is 1. The van der Waals surface area contributed by atoms with Crippen molar-refractivity contribution in [2.75, 3.05) is 11.1 Å². The summed E-state index contributed by atoms with van der Waals surface area (Å²) in [5.74, 6) is 1.68. The number of nitrogens with one attached hydrogen (secondary N) is 1. The summed E-state index contributed by atoms with van der Waals surface area (Å²) in [6.07, 6.45) is 7.37. The van der Waals surface area contributed by atoms with E-state index in [0.29, 0.717) is 16.8 Å². The highest BCUT2D eigenvalue weighted by Gasteiger charge is 2.17. The minimum atomic E-state index is -0.173. The molecule has 1 fully saturated rings. The van der Waals surface area contributed by atoms with Crippen LogP contribution in [0.1, 0.15) is 55.8 Å². The van der Waals surface area contributed by atoms with Gasteiger partial charge in [-0.3, -0.25) is 10.1 Å². The molecule has 1 aromatic heterocycles. The molecule has 25 heavy (non-hydrogen) atoms. The lowest BCUT2D eigenvalue weighted by Gasteiger charge is -2.13. The predicted molar refractivity (Wildman–Crippen MR) is 103 cm³/mol. The largest absolute Gasteiger partial charge is 0.490 e. The van der Waals surface area contributed by atoms with Crippen molar-refractivity contribution in [2.24, 2.45) is 0 Å². The maximum Gasteiger partial charge on any atom is 0.257 e. The van der Waals surface area contributed by atoms with Crippen molar-refractivity contribution in [1.82, 2.24) is 10.2 Å². The number of unbranched alkanes of at least 4 members (excludes halogenated alkanes) is 1. The first-order chi connectivity index (χ1) is 12.2. The van der Waals surface area contributed by atoms with Crippen molar-refractivity contribution < 1.29 is 9.53 Å². The molecule has 3 rings (SSSR count). The molecule has 0 bridgehead atoms. The number of benzene rings is 1. The summed E-state index contributed by atoms with van der Waals surface area (Å²) in [6.45, 7) is 2.16. The summed E-state index contributed by atoms with van der Waals surface area (Å²) >= 11 is 3.10. The number of hydrogen-bond acceptors (Lipinski definition) is 6. The molecule has 134 valence electrons. The van der Waals surface area contributed by atoms with Gasteiger partial charge in [-0.1, -0.05) is 36.4 Å². The number of carbonyl (C=O) groups is 1. The average molecular weight is 378 g/mol. The molecule has 1 saturated carbocycles. The normalized spacial score (nSPS) is 14.6. The Bertz CT molecular complexity index is 682. The maximum atomic E-state index is 12.3. The highest BCUT2D eigenvalue weighted by atomic mass is 32.2. The molecule has 0 aliphatic heterocycles. The van der Waals surface area contributed by atoms with Gasteiger partial charge in [0.2, 0.25) is 5.13 Å². The standard InChI is InChI=1S/C18H23N3O2S2/c1-2-3-12-24-18-21-20-17(25-18)19-16(22)13-8-10-15(11-9-13)23-14-6-4-5-7-14/h8-11,14H,2-7,12H2,1H3,(H,19,20,22). The number of hydrogen-bond donors (Lipinski definition) is 1. The smallest absolute Gasteiger partial charge is 0.257 e. The maximum absolute atomic E-state index is 12.3. The van der Waals surface area contributed by atoms with Crippen LogP contribution in [0.15, 0.2) is 28.6 Å². The number of anilines is 1. The van der Waals surface area contributed by atoms with Crippen molar-refractivity contribution >= 4 is 34.1 Å². The fourth-order valence-electron chi connectivity index (χ4n) is 2.68. The molecule has 1 aromatic carbocycles. The van der Waals surface area contributed by atoms with Gasteiger partial charge in [0.25, 0.3) is 5.91 Å². The topological polar surface area (TPSA) is 64.1 Å². The predicted octanol–water partition coefficient (Wildman–Crippen LogP) is 5.00. The Kier molecular flexibility index (Phi) is 6.69. The van der Waals surface area contributed by atoms with E-state index in [1.807, 2.05) is 12.1 Å². The number of thioether (sulfide) groups is 1. The minimum absolute atomic E-state index is 0.173. The van der Waals surface area contributed by atoms with Gasteiger partial charge >= 0.3 is 0 Å². The van der Waals surface area contributed by atoms with Crippen LogP contribution in [0.25, 0.3) is 0 Å². The SMILES string of the molecule is CCCCSc1nnc(NC(=O)c2ccc(OC3CCCC3)cc2)s1. The zero-order valence-electron chi connectivity index (χ0n) is 14.4. The van der Waals surface area contributed by atoms with Crippen LogP contribution in [-0.4, -0.2) is 28.0 Å². The second-order valence-corrected chi connectivity index (χ2v) is 8.40. The number of nitrogens with zero attached hydrogens (tertiary/aromatic N) is 2. The van der Waals surface area contributed by atoms with E-state index in [2.05, 4.69) is 22.4 Å². The first-order valence-corrected chi connectivity index (χ1v) is 10.6. The molecule has 7 heteroatoms. The van der Waals surface area contributed by atoms with Crippen LogP contribution in [0.5, 0.6) is 5.75 Å². The van der Waals surface area contributed by atoms with Gasteiger partial charge in [-0.25, -0.2) is 0 Å². The molecule has 5 nitrogen and oxygen atoms in total. The summed E-state index contributed by atoms with van der Waals surface area (Å²) in [7, 11) is 0. The van der Waals surface area contributed by atoms with Crippen molar-refractivity contribution in [3.63, 3.8) is 0 Å². The highest BCUT2D eigenvalue weighted by Crippen LogP contribution is 2.27. The molecular weight excluding hydrogens is 354 g/mol. The first-order valence-electron chi connectivity index (χ1n) is 8.79. The number of aromatic nitrogens is 2. The Morgan fingerprint density at radius 3 is 2.76 bits per heavy atom. The Labute approximate surface area is 156 Å². The molecule has 0 atom stereocenters. The zero-order valence-corrected chi connectivity index (χ0v) is 16.0. The lowest BCUT2D eigenvalue weighted by Crippen LogP contribution is -2.13. The Balaban J connectivity index is 1.52. The van der Waals surface area contributed by atoms with Gasteiger partial charge < -0.3 is 4.74 Å². The summed E-state index contributed by atoms with van der Waals surface area (Å²) < 4.78 is 6.82. The molecule has 1 aliphatic rings. The lowest BCUT2D eigenvalue weighted by atomic mass is 10.2. The molecule has 0 spiro atoms. The molecule has 0 radical (unpaired) electrons. The quantitative estimate of drug-likeness (QED) is 0.398. The molecule has 1 amide bonds. The third-order valence-electron chi connectivity index (χ3n) is 4.07. The van der Waals surface area contributed by atoms with Crippen molar-refractivity contribution in [2.45, 2.75) is 55.9 Å². The lowest BCUT2D eigenvalue weighted by molar-refractivity contribution is 0.102. The van der Waals surface area contributed by atoms with Gasteiger partial charge in [0, 0.05) is 11.3 Å². The number of amides is 1. The van der Waals surface area contributed by atoms with E-state index >= 15 is 0 Å². The van der Waals surface area contributed by atoms with E-state index in [0.717, 1.165) is 41.5 Å². The third-order valence-corrected chi connectivity index (χ3v) is 6.13. The first kappa shape index (κ1) is 18.2. The van der Waals surface area contributed by atoms with Gasteiger partial charge in [-0.05, 0) is 56.4 Å². The Morgan fingerprint density at radius 1 is 1.28 bits per heavy atom. The Hall–Kier alpha value is -1.60. The second kappa shape index (κ2) is 9.20. The van der Waals surface area contributed by atoms with Crippen LogP contribution in [0, 0.1) is 0 Å². The van der Waals surface area contributed by atoms with Gasteiger partial charge in [0.1, 0.15) is 5.75 Å². The van der Waals surface area contributed by atoms with E-state index < -0.39 is 0 Å². The van der Waals surface area contributed by atoms with Gasteiger partial charge in [-0.2, -0.15) is 0 Å². The van der Waals surface area contributed by atoms with Crippen molar-refractivity contribution in [3.8, 4) is 5.75 Å². The molecule has 0 unspecified atom stereocenters. The zero-order chi connectivity index (χ0) is 17.5. The minimum Gasteiger partial charge on any atom is -0.490 e. The van der Waals surface area contributed by atoms with Crippen LogP contribution in [0.2, 0.25) is 0 Å². The molecule has 1 N–H and O–H groups in total. The average Bonchev–Trinajstić information content (AvgIpc) is 3.28. The monoisotopic (exact) mass is 377 g/mol. The van der Waals surface area contributed by atoms with E-state index in [4.69, 9.17) is 4.74 Å². The van der Waals surface area contributed by atoms with Gasteiger partial charge in [0.05, 0.1) is 6.10 Å². The highest BCUT2D eigenvalue weighted by molar-refractivity contribution is 8.01. The van der Waals surface area contributed by atoms with Gasteiger partial charge in [0.15, 0.2) is 4.34 Å². The van der Waals surface area contributed by atoms with Crippen molar-refractivity contribution in [3.05, 3.63) is 29.8 Å². The molecule has 1 heterocycles. The fraction of sp³-hybridized carbons (Fsp3) is 0.500. The number of rotatable bonds is 8. The van der Waals surface area contributed by atoms with Crippen LogP contribution in [-0.2, 0) is 0 Å². The second-order valence-electron chi connectivity index (χ2n) is 6.08. The molecular formula is C18H23N3O2S2. The summed E-state index contributed by atoms with van der Waals surface area (Å²) in [5, 5.41) is 11.5. The van der Waals surface area contributed by atoms with Crippen LogP contribution in [0.4, 0.5) is 5.13 Å². The summed E-state index contributed by atoms with van der Waals surface area (Å²) in [6, 6.07) is 7.30. The summed E-state index contributed by atoms with van der Waals surface area (Å²) in [5.41, 5.74) is 0.592. The molecule has 0 saturated heterocycles. The molecule has 1 aliphatic carbocycles. The van der Waals surface area contributed by atoms with Crippen molar-refractivity contribution in [1.29, 1.82) is 0 Å². The van der Waals surface area contributed by atoms with Crippen LogP contribution >= 0.6 is 23.1 Å². The van der Waals surface area contributed by atoms with Crippen LogP contribution in [0.3, 0.4) is 0 Å².